The molecule has 0 aliphatic carbocycles. The molecule has 4 nitrogen and oxygen atoms in total. The average molecular weight is 279 g/mol. The highest BCUT2D eigenvalue weighted by atomic mass is 16.5. The zero-order valence-corrected chi connectivity index (χ0v) is 11.9. The molecule has 4 heteroatoms. The fraction of sp³-hybridized carbons (Fsp3) is 0.176. The van der Waals surface area contributed by atoms with Crippen molar-refractivity contribution in [3.8, 4) is 5.88 Å². The van der Waals surface area contributed by atoms with E-state index in [1.165, 1.54) is 0 Å². The van der Waals surface area contributed by atoms with Crippen LogP contribution < -0.4 is 10.5 Å². The third kappa shape index (κ3) is 2.85. The lowest BCUT2D eigenvalue weighted by molar-refractivity contribution is 0.397. The van der Waals surface area contributed by atoms with E-state index < -0.39 is 0 Å². The Morgan fingerprint density at radius 1 is 1.14 bits per heavy atom. The normalized spacial score (nSPS) is 12.3. The lowest BCUT2D eigenvalue weighted by Gasteiger charge is -2.14. The van der Waals surface area contributed by atoms with E-state index in [1.807, 2.05) is 42.7 Å². The number of nitrogens with zero attached hydrogens (tertiary/aromatic N) is 2. The first-order chi connectivity index (χ1) is 10.3. The SMILES string of the molecule is COc1ccc(CC(N)c2cccc3cnccc23)cn1. The van der Waals surface area contributed by atoms with Gasteiger partial charge in [-0.25, -0.2) is 4.98 Å². The molecule has 0 amide bonds. The molecule has 0 saturated heterocycles. The number of hydrogen-bond acceptors (Lipinski definition) is 4. The highest BCUT2D eigenvalue weighted by molar-refractivity contribution is 5.85. The van der Waals surface area contributed by atoms with E-state index in [-0.39, 0.29) is 6.04 Å². The summed E-state index contributed by atoms with van der Waals surface area (Å²) < 4.78 is 5.07. The molecule has 0 spiro atoms. The van der Waals surface area contributed by atoms with Crippen LogP contribution in [-0.2, 0) is 6.42 Å². The number of aromatic nitrogens is 2. The number of fused-ring (bicyclic) bond motifs is 1. The maximum Gasteiger partial charge on any atom is 0.212 e. The molecule has 0 radical (unpaired) electrons. The van der Waals surface area contributed by atoms with Crippen LogP contribution in [0, 0.1) is 0 Å². The van der Waals surface area contributed by atoms with E-state index in [9.17, 15) is 0 Å². The van der Waals surface area contributed by atoms with E-state index in [4.69, 9.17) is 10.5 Å². The molecular weight excluding hydrogens is 262 g/mol. The highest BCUT2D eigenvalue weighted by Crippen LogP contribution is 2.24. The number of rotatable bonds is 4. The van der Waals surface area contributed by atoms with Gasteiger partial charge in [0.25, 0.3) is 0 Å². The van der Waals surface area contributed by atoms with Crippen LogP contribution in [0.5, 0.6) is 5.88 Å². The summed E-state index contributed by atoms with van der Waals surface area (Å²) in [7, 11) is 1.61. The Morgan fingerprint density at radius 3 is 2.81 bits per heavy atom. The van der Waals surface area contributed by atoms with Gasteiger partial charge in [-0.3, -0.25) is 4.98 Å². The molecule has 2 heterocycles. The number of pyridine rings is 2. The predicted octanol–water partition coefficient (Wildman–Crippen LogP) is 2.88. The van der Waals surface area contributed by atoms with Gasteiger partial charge in [-0.15, -0.1) is 0 Å². The maximum absolute atomic E-state index is 6.38. The minimum atomic E-state index is -0.0775. The van der Waals surface area contributed by atoms with Crippen molar-refractivity contribution in [2.24, 2.45) is 5.73 Å². The molecule has 21 heavy (non-hydrogen) atoms. The van der Waals surface area contributed by atoms with E-state index in [1.54, 1.807) is 13.3 Å². The summed E-state index contributed by atoms with van der Waals surface area (Å²) in [6.45, 7) is 0. The highest BCUT2D eigenvalue weighted by Gasteiger charge is 2.11. The minimum Gasteiger partial charge on any atom is -0.481 e. The Morgan fingerprint density at radius 2 is 2.05 bits per heavy atom. The number of benzene rings is 1. The Kier molecular flexibility index (Phi) is 3.79. The van der Waals surface area contributed by atoms with Gasteiger partial charge < -0.3 is 10.5 Å². The summed E-state index contributed by atoms with van der Waals surface area (Å²) >= 11 is 0. The van der Waals surface area contributed by atoms with E-state index in [2.05, 4.69) is 16.0 Å². The predicted molar refractivity (Wildman–Crippen MR) is 83.2 cm³/mol. The van der Waals surface area contributed by atoms with Crippen molar-refractivity contribution in [3.05, 3.63) is 66.1 Å². The molecular formula is C17H17N3O. The summed E-state index contributed by atoms with van der Waals surface area (Å²) in [5, 5.41) is 2.26. The van der Waals surface area contributed by atoms with Crippen LogP contribution in [0.3, 0.4) is 0 Å². The Labute approximate surface area is 123 Å². The number of ether oxygens (including phenoxy) is 1. The molecule has 1 atom stereocenters. The Hall–Kier alpha value is -2.46. The van der Waals surface area contributed by atoms with Crippen molar-refractivity contribution < 1.29 is 4.74 Å². The largest absolute Gasteiger partial charge is 0.481 e. The van der Waals surface area contributed by atoms with Crippen molar-refractivity contribution in [1.82, 2.24) is 9.97 Å². The third-order valence-corrected chi connectivity index (χ3v) is 3.58. The van der Waals surface area contributed by atoms with E-state index in [0.29, 0.717) is 5.88 Å². The van der Waals surface area contributed by atoms with Crippen LogP contribution in [0.4, 0.5) is 0 Å². The van der Waals surface area contributed by atoms with Gasteiger partial charge in [-0.05, 0) is 29.0 Å². The second-order valence-corrected chi connectivity index (χ2v) is 4.96. The molecule has 0 saturated carbocycles. The molecule has 0 bridgehead atoms. The fourth-order valence-electron chi connectivity index (χ4n) is 2.49. The minimum absolute atomic E-state index is 0.0775. The van der Waals surface area contributed by atoms with Gasteiger partial charge in [0.1, 0.15) is 0 Å². The molecule has 3 rings (SSSR count). The number of hydrogen-bond donors (Lipinski definition) is 1. The lowest BCUT2D eigenvalue weighted by atomic mass is 9.96. The topological polar surface area (TPSA) is 61.0 Å². The van der Waals surface area contributed by atoms with E-state index in [0.717, 1.165) is 28.3 Å². The Balaban J connectivity index is 1.88. The smallest absolute Gasteiger partial charge is 0.212 e. The molecule has 1 aromatic carbocycles. The summed E-state index contributed by atoms with van der Waals surface area (Å²) in [4.78, 5) is 8.37. The number of nitrogens with two attached hydrogens (primary N) is 1. The molecule has 0 aliphatic heterocycles. The van der Waals surface area contributed by atoms with Crippen LogP contribution >= 0.6 is 0 Å². The van der Waals surface area contributed by atoms with Crippen LogP contribution in [0.2, 0.25) is 0 Å². The Bertz CT molecular complexity index is 735. The summed E-state index contributed by atoms with van der Waals surface area (Å²) in [6, 6.07) is 11.9. The number of methoxy groups -OCH3 is 1. The fourth-order valence-corrected chi connectivity index (χ4v) is 2.49. The molecule has 0 fully saturated rings. The maximum atomic E-state index is 6.38. The van der Waals surface area contributed by atoms with Gasteiger partial charge in [-0.2, -0.15) is 0 Å². The lowest BCUT2D eigenvalue weighted by Crippen LogP contribution is -2.14. The van der Waals surface area contributed by atoms with Gasteiger partial charge in [-0.1, -0.05) is 24.3 Å². The summed E-state index contributed by atoms with van der Waals surface area (Å²) in [5.74, 6) is 0.614. The third-order valence-electron chi connectivity index (χ3n) is 3.58. The van der Waals surface area contributed by atoms with E-state index >= 15 is 0 Å². The van der Waals surface area contributed by atoms with Crippen molar-refractivity contribution in [2.45, 2.75) is 12.5 Å². The zero-order valence-electron chi connectivity index (χ0n) is 11.9. The van der Waals surface area contributed by atoms with Crippen molar-refractivity contribution in [3.63, 3.8) is 0 Å². The van der Waals surface area contributed by atoms with Crippen molar-refractivity contribution in [1.29, 1.82) is 0 Å². The quantitative estimate of drug-likeness (QED) is 0.797. The monoisotopic (exact) mass is 279 g/mol. The molecule has 106 valence electrons. The first-order valence-electron chi connectivity index (χ1n) is 6.85. The van der Waals surface area contributed by atoms with Gasteiger partial charge in [0, 0.05) is 36.1 Å². The van der Waals surface area contributed by atoms with Crippen LogP contribution in [-0.4, -0.2) is 17.1 Å². The van der Waals surface area contributed by atoms with Crippen molar-refractivity contribution >= 4 is 10.8 Å². The zero-order chi connectivity index (χ0) is 14.7. The first kappa shape index (κ1) is 13.5. The molecule has 3 aromatic rings. The van der Waals surface area contributed by atoms with Crippen LogP contribution in [0.15, 0.2) is 55.0 Å². The van der Waals surface area contributed by atoms with Crippen LogP contribution in [0.1, 0.15) is 17.2 Å². The van der Waals surface area contributed by atoms with Gasteiger partial charge in [0.15, 0.2) is 0 Å². The first-order valence-corrected chi connectivity index (χ1v) is 6.85. The van der Waals surface area contributed by atoms with Gasteiger partial charge >= 0.3 is 0 Å². The molecule has 0 aliphatic rings. The molecule has 2 N–H and O–H groups in total. The average Bonchev–Trinajstić information content (AvgIpc) is 2.55. The standard InChI is InChI=1S/C17H17N3O/c1-21-17-6-5-12(10-20-17)9-16(18)15-4-2-3-13-11-19-8-7-14(13)15/h2-8,10-11,16H,9,18H2,1H3. The van der Waals surface area contributed by atoms with Gasteiger partial charge in [0.05, 0.1) is 7.11 Å². The van der Waals surface area contributed by atoms with Crippen LogP contribution in [0.25, 0.3) is 10.8 Å². The molecule has 2 aromatic heterocycles. The molecule has 1 unspecified atom stereocenters. The summed E-state index contributed by atoms with van der Waals surface area (Å²) in [5.41, 5.74) is 8.61. The summed E-state index contributed by atoms with van der Waals surface area (Å²) in [6.07, 6.45) is 6.21. The van der Waals surface area contributed by atoms with Crippen molar-refractivity contribution in [2.75, 3.05) is 7.11 Å². The second-order valence-electron chi connectivity index (χ2n) is 4.96. The second kappa shape index (κ2) is 5.89. The van der Waals surface area contributed by atoms with Gasteiger partial charge in [0.2, 0.25) is 5.88 Å².